The Morgan fingerprint density at radius 1 is 1.24 bits per heavy atom. The quantitative estimate of drug-likeness (QED) is 0.790. The van der Waals surface area contributed by atoms with E-state index in [1.165, 1.54) is 0 Å². The van der Waals surface area contributed by atoms with Gasteiger partial charge in [0, 0.05) is 24.2 Å². The lowest BCUT2D eigenvalue weighted by Gasteiger charge is -2.22. The van der Waals surface area contributed by atoms with Crippen molar-refractivity contribution in [3.05, 3.63) is 41.6 Å². The van der Waals surface area contributed by atoms with Gasteiger partial charge in [0.1, 0.15) is 11.0 Å². The van der Waals surface area contributed by atoms with Crippen molar-refractivity contribution >= 4 is 17.4 Å². The fourth-order valence-corrected chi connectivity index (χ4v) is 2.49. The van der Waals surface area contributed by atoms with Crippen LogP contribution in [0.5, 0.6) is 0 Å². The Bertz CT molecular complexity index is 662. The van der Waals surface area contributed by atoms with Crippen LogP contribution >= 0.6 is 11.6 Å². The Balaban J connectivity index is 1.95. The average Bonchev–Trinajstić information content (AvgIpc) is 3.33. The first-order valence-corrected chi connectivity index (χ1v) is 7.39. The lowest BCUT2D eigenvalue weighted by atomic mass is 10.2. The van der Waals surface area contributed by atoms with Gasteiger partial charge in [-0.2, -0.15) is 5.26 Å². The van der Waals surface area contributed by atoms with E-state index in [1.807, 2.05) is 30.3 Å². The molecule has 4 nitrogen and oxygen atoms in total. The van der Waals surface area contributed by atoms with Crippen molar-refractivity contribution < 1.29 is 0 Å². The number of benzene rings is 1. The van der Waals surface area contributed by atoms with Gasteiger partial charge in [0.2, 0.25) is 0 Å². The maximum atomic E-state index is 8.82. The van der Waals surface area contributed by atoms with E-state index in [1.54, 1.807) is 6.07 Å². The summed E-state index contributed by atoms with van der Waals surface area (Å²) in [6.45, 7) is 0.683. The topological polar surface area (TPSA) is 52.8 Å². The van der Waals surface area contributed by atoms with Crippen LogP contribution in [0.3, 0.4) is 0 Å². The number of hydrogen-bond acceptors (Lipinski definition) is 4. The number of rotatable bonds is 5. The monoisotopic (exact) mass is 298 g/mol. The summed E-state index contributed by atoms with van der Waals surface area (Å²) in [5.41, 5.74) is 0.942. The summed E-state index contributed by atoms with van der Waals surface area (Å²) in [5.74, 6) is 1.44. The lowest BCUT2D eigenvalue weighted by Crippen LogP contribution is -2.27. The first-order chi connectivity index (χ1) is 10.3. The minimum absolute atomic E-state index is 0.432. The molecule has 1 aliphatic rings. The molecule has 2 aromatic rings. The fraction of sp³-hybridized carbons (Fsp3) is 0.312. The highest BCUT2D eigenvalue weighted by atomic mass is 35.5. The van der Waals surface area contributed by atoms with Gasteiger partial charge in [-0.1, -0.05) is 41.9 Å². The molecular formula is C16H15ClN4. The summed E-state index contributed by atoms with van der Waals surface area (Å²) in [6, 6.07) is 14.2. The van der Waals surface area contributed by atoms with Crippen LogP contribution in [0.1, 0.15) is 19.3 Å². The molecule has 1 aromatic carbocycles. The first-order valence-electron chi connectivity index (χ1n) is 7.01. The Kier molecular flexibility index (Phi) is 4.03. The Morgan fingerprint density at radius 3 is 2.67 bits per heavy atom. The van der Waals surface area contributed by atoms with Gasteiger partial charge in [-0.3, -0.25) is 0 Å². The molecule has 1 aliphatic carbocycles. The first kappa shape index (κ1) is 13.8. The van der Waals surface area contributed by atoms with E-state index in [4.69, 9.17) is 16.9 Å². The van der Waals surface area contributed by atoms with Crippen LogP contribution in [0.4, 0.5) is 5.82 Å². The molecule has 1 aromatic heterocycles. The van der Waals surface area contributed by atoms with Crippen molar-refractivity contribution in [2.45, 2.75) is 25.3 Å². The van der Waals surface area contributed by atoms with Crippen LogP contribution in [0.15, 0.2) is 36.4 Å². The largest absolute Gasteiger partial charge is 0.352 e. The predicted octanol–water partition coefficient (Wildman–Crippen LogP) is 3.68. The average molecular weight is 299 g/mol. The molecule has 0 aliphatic heterocycles. The van der Waals surface area contributed by atoms with Crippen molar-refractivity contribution in [3.63, 3.8) is 0 Å². The number of hydrogen-bond donors (Lipinski definition) is 0. The smallest absolute Gasteiger partial charge is 0.163 e. The lowest BCUT2D eigenvalue weighted by molar-refractivity contribution is 0.776. The van der Waals surface area contributed by atoms with E-state index < -0.39 is 0 Å². The molecule has 5 heteroatoms. The number of nitriles is 1. The normalized spacial score (nSPS) is 13.7. The third-order valence-corrected chi connectivity index (χ3v) is 3.65. The van der Waals surface area contributed by atoms with Gasteiger partial charge in [-0.15, -0.1) is 0 Å². The van der Waals surface area contributed by atoms with Gasteiger partial charge in [0.25, 0.3) is 0 Å². The Morgan fingerprint density at radius 2 is 2.00 bits per heavy atom. The summed E-state index contributed by atoms with van der Waals surface area (Å²) >= 11 is 6.16. The van der Waals surface area contributed by atoms with Crippen LogP contribution in [0.2, 0.25) is 5.15 Å². The summed E-state index contributed by atoms with van der Waals surface area (Å²) in [6.07, 6.45) is 2.78. The second-order valence-electron chi connectivity index (χ2n) is 5.07. The molecule has 21 heavy (non-hydrogen) atoms. The summed E-state index contributed by atoms with van der Waals surface area (Å²) in [5, 5.41) is 9.25. The SMILES string of the molecule is N#CCCN(c1cc(Cl)nc(-c2ccccc2)n1)C1CC1. The molecular weight excluding hydrogens is 284 g/mol. The predicted molar refractivity (Wildman–Crippen MR) is 83.1 cm³/mol. The molecule has 1 heterocycles. The third-order valence-electron chi connectivity index (χ3n) is 3.46. The Hall–Kier alpha value is -2.12. The van der Waals surface area contributed by atoms with Crippen molar-refractivity contribution in [2.75, 3.05) is 11.4 Å². The highest BCUT2D eigenvalue weighted by Crippen LogP contribution is 2.32. The molecule has 0 unspecified atom stereocenters. The zero-order chi connectivity index (χ0) is 14.7. The highest BCUT2D eigenvalue weighted by Gasteiger charge is 2.30. The van der Waals surface area contributed by atoms with E-state index in [-0.39, 0.29) is 0 Å². The standard InChI is InChI=1S/C16H15ClN4/c17-14-11-15(21(10-4-9-18)13-7-8-13)20-16(19-14)12-5-2-1-3-6-12/h1-3,5-6,11,13H,4,7-8,10H2. The van der Waals surface area contributed by atoms with Crippen LogP contribution in [-0.2, 0) is 0 Å². The van der Waals surface area contributed by atoms with Gasteiger partial charge in [0.05, 0.1) is 12.5 Å². The van der Waals surface area contributed by atoms with Crippen molar-refractivity contribution in [3.8, 4) is 17.5 Å². The molecule has 0 bridgehead atoms. The highest BCUT2D eigenvalue weighted by molar-refractivity contribution is 6.29. The maximum absolute atomic E-state index is 8.82. The zero-order valence-corrected chi connectivity index (χ0v) is 12.3. The van der Waals surface area contributed by atoms with E-state index >= 15 is 0 Å². The van der Waals surface area contributed by atoms with Crippen molar-refractivity contribution in [1.29, 1.82) is 5.26 Å². The van der Waals surface area contributed by atoms with Crippen LogP contribution in [0.25, 0.3) is 11.4 Å². The number of anilines is 1. The molecule has 0 saturated heterocycles. The molecule has 0 spiro atoms. The molecule has 106 valence electrons. The van der Waals surface area contributed by atoms with E-state index in [0.717, 1.165) is 24.2 Å². The van der Waals surface area contributed by atoms with Gasteiger partial charge in [0.15, 0.2) is 5.82 Å². The van der Waals surface area contributed by atoms with Gasteiger partial charge in [-0.05, 0) is 12.8 Å². The Labute approximate surface area is 129 Å². The van der Waals surface area contributed by atoms with Crippen LogP contribution in [-0.4, -0.2) is 22.6 Å². The molecule has 3 rings (SSSR count). The number of halogens is 1. The van der Waals surface area contributed by atoms with Crippen LogP contribution < -0.4 is 4.90 Å². The second-order valence-corrected chi connectivity index (χ2v) is 5.46. The number of aromatic nitrogens is 2. The molecule has 1 saturated carbocycles. The maximum Gasteiger partial charge on any atom is 0.163 e. The van der Waals surface area contributed by atoms with Crippen molar-refractivity contribution in [1.82, 2.24) is 9.97 Å². The molecule has 0 amide bonds. The summed E-state index contributed by atoms with van der Waals surface area (Å²) < 4.78 is 0. The minimum Gasteiger partial charge on any atom is -0.352 e. The van der Waals surface area contributed by atoms with E-state index in [0.29, 0.717) is 30.0 Å². The van der Waals surface area contributed by atoms with Crippen LogP contribution in [0, 0.1) is 11.3 Å². The van der Waals surface area contributed by atoms with E-state index in [9.17, 15) is 0 Å². The minimum atomic E-state index is 0.432. The molecule has 0 N–H and O–H groups in total. The van der Waals surface area contributed by atoms with Gasteiger partial charge in [-0.25, -0.2) is 9.97 Å². The van der Waals surface area contributed by atoms with Crippen molar-refractivity contribution in [2.24, 2.45) is 0 Å². The summed E-state index contributed by atoms with van der Waals surface area (Å²) in [4.78, 5) is 11.1. The summed E-state index contributed by atoms with van der Waals surface area (Å²) in [7, 11) is 0. The van der Waals surface area contributed by atoms with Gasteiger partial charge < -0.3 is 4.90 Å². The fourth-order valence-electron chi connectivity index (χ4n) is 2.31. The van der Waals surface area contributed by atoms with Gasteiger partial charge >= 0.3 is 0 Å². The molecule has 1 fully saturated rings. The second kappa shape index (κ2) is 6.11. The van der Waals surface area contributed by atoms with E-state index in [2.05, 4.69) is 20.9 Å². The third kappa shape index (κ3) is 3.32. The zero-order valence-electron chi connectivity index (χ0n) is 11.5. The molecule has 0 atom stereocenters. The number of nitrogens with zero attached hydrogens (tertiary/aromatic N) is 4. The molecule has 0 radical (unpaired) electrons.